The molecule has 0 bridgehead atoms. The van der Waals surface area contributed by atoms with E-state index in [2.05, 4.69) is 5.32 Å². The van der Waals surface area contributed by atoms with Crippen molar-refractivity contribution >= 4 is 17.2 Å². The van der Waals surface area contributed by atoms with E-state index in [1.165, 1.54) is 0 Å². The lowest BCUT2D eigenvalue weighted by molar-refractivity contribution is -0.121. The monoisotopic (exact) mass is 255 g/mol. The smallest absolute Gasteiger partial charge is 0.225 e. The van der Waals surface area contributed by atoms with Crippen LogP contribution in [0, 0.1) is 5.92 Å². The number of aliphatic hydroxyl groups excluding tert-OH is 2. The predicted octanol–water partition coefficient (Wildman–Crippen LogP) is 0.539. The van der Waals surface area contributed by atoms with Crippen molar-refractivity contribution in [3.05, 3.63) is 22.4 Å². The summed E-state index contributed by atoms with van der Waals surface area (Å²) in [6, 6.07) is 3.85. The van der Waals surface area contributed by atoms with Crippen molar-refractivity contribution in [3.63, 3.8) is 0 Å². The zero-order valence-electron chi connectivity index (χ0n) is 9.50. The second-order valence-corrected chi connectivity index (χ2v) is 5.53. The maximum atomic E-state index is 11.7. The van der Waals surface area contributed by atoms with E-state index < -0.39 is 6.10 Å². The summed E-state index contributed by atoms with van der Waals surface area (Å²) in [5.74, 6) is -0.106. The Balaban J connectivity index is 1.80. The molecule has 1 aliphatic rings. The molecular weight excluding hydrogens is 238 g/mol. The van der Waals surface area contributed by atoms with Crippen molar-refractivity contribution in [2.24, 2.45) is 5.92 Å². The molecule has 1 aromatic heterocycles. The summed E-state index contributed by atoms with van der Waals surface area (Å²) in [5, 5.41) is 23.5. The molecule has 3 atom stereocenters. The van der Waals surface area contributed by atoms with Crippen molar-refractivity contribution in [3.8, 4) is 0 Å². The Hall–Kier alpha value is -0.910. The second-order valence-electron chi connectivity index (χ2n) is 4.50. The van der Waals surface area contributed by atoms with Crippen LogP contribution in [0.3, 0.4) is 0 Å². The Morgan fingerprint density at radius 1 is 1.53 bits per heavy atom. The van der Waals surface area contributed by atoms with E-state index >= 15 is 0 Å². The van der Waals surface area contributed by atoms with E-state index in [0.29, 0.717) is 19.3 Å². The minimum absolute atomic E-state index is 0.00499. The number of nitrogens with one attached hydrogen (secondary N) is 1. The zero-order valence-corrected chi connectivity index (χ0v) is 10.3. The maximum absolute atomic E-state index is 11.7. The molecule has 17 heavy (non-hydrogen) atoms. The molecule has 4 nitrogen and oxygen atoms in total. The third-order valence-corrected chi connectivity index (χ3v) is 4.05. The van der Waals surface area contributed by atoms with Crippen LogP contribution >= 0.6 is 11.3 Å². The van der Waals surface area contributed by atoms with Crippen LogP contribution in [0.4, 0.5) is 0 Å². The van der Waals surface area contributed by atoms with E-state index in [9.17, 15) is 9.90 Å². The van der Waals surface area contributed by atoms with Crippen molar-refractivity contribution in [2.45, 2.75) is 31.4 Å². The van der Waals surface area contributed by atoms with Crippen LogP contribution in [-0.4, -0.2) is 34.9 Å². The molecule has 5 heteroatoms. The molecule has 3 unspecified atom stereocenters. The summed E-state index contributed by atoms with van der Waals surface area (Å²) < 4.78 is 0. The van der Waals surface area contributed by atoms with E-state index in [1.807, 2.05) is 17.5 Å². The number of rotatable bonds is 4. The SMILES string of the molecule is O=C(Cc1cccs1)NC1CC(O)C(CO)C1. The first-order valence-electron chi connectivity index (χ1n) is 5.79. The highest BCUT2D eigenvalue weighted by molar-refractivity contribution is 7.10. The quantitative estimate of drug-likeness (QED) is 0.735. The third-order valence-electron chi connectivity index (χ3n) is 3.17. The Morgan fingerprint density at radius 2 is 2.35 bits per heavy atom. The first-order chi connectivity index (χ1) is 8.19. The molecule has 1 amide bonds. The van der Waals surface area contributed by atoms with Crippen LogP contribution in [-0.2, 0) is 11.2 Å². The van der Waals surface area contributed by atoms with Gasteiger partial charge in [-0.1, -0.05) is 6.07 Å². The Morgan fingerprint density at radius 3 is 2.94 bits per heavy atom. The molecule has 94 valence electrons. The van der Waals surface area contributed by atoms with Crippen molar-refractivity contribution in [1.82, 2.24) is 5.32 Å². The standard InChI is InChI=1S/C12H17NO3S/c14-7-8-4-9(5-11(8)15)13-12(16)6-10-2-1-3-17-10/h1-3,8-9,11,14-15H,4-7H2,(H,13,16). The molecule has 3 N–H and O–H groups in total. The fraction of sp³-hybridized carbons (Fsp3) is 0.583. The summed E-state index contributed by atoms with van der Waals surface area (Å²) >= 11 is 1.56. The highest BCUT2D eigenvalue weighted by Crippen LogP contribution is 2.25. The lowest BCUT2D eigenvalue weighted by Crippen LogP contribution is -2.34. The molecule has 1 heterocycles. The molecule has 2 rings (SSSR count). The number of thiophene rings is 1. The van der Waals surface area contributed by atoms with Gasteiger partial charge in [0.2, 0.25) is 5.91 Å². The number of carbonyl (C=O) groups excluding carboxylic acids is 1. The lowest BCUT2D eigenvalue weighted by atomic mass is 10.1. The van der Waals surface area contributed by atoms with Gasteiger partial charge in [0.1, 0.15) is 0 Å². The zero-order chi connectivity index (χ0) is 12.3. The molecule has 0 aromatic carbocycles. The second kappa shape index (κ2) is 5.62. The molecule has 1 aliphatic carbocycles. The molecule has 1 aromatic rings. The molecule has 1 saturated carbocycles. The van der Waals surface area contributed by atoms with Crippen LogP contribution < -0.4 is 5.32 Å². The van der Waals surface area contributed by atoms with Crippen molar-refractivity contribution in [1.29, 1.82) is 0 Å². The molecular formula is C12H17NO3S. The number of hydrogen-bond donors (Lipinski definition) is 3. The summed E-state index contributed by atoms with van der Waals surface area (Å²) in [5.41, 5.74) is 0. The predicted molar refractivity (Wildman–Crippen MR) is 65.8 cm³/mol. The minimum atomic E-state index is -0.493. The van der Waals surface area contributed by atoms with Gasteiger partial charge in [-0.2, -0.15) is 0 Å². The highest BCUT2D eigenvalue weighted by Gasteiger charge is 2.33. The minimum Gasteiger partial charge on any atom is -0.396 e. The van der Waals surface area contributed by atoms with Crippen molar-refractivity contribution in [2.75, 3.05) is 6.61 Å². The van der Waals surface area contributed by atoms with Gasteiger partial charge in [-0.3, -0.25) is 4.79 Å². The number of aliphatic hydroxyl groups is 2. The molecule has 0 saturated heterocycles. The van der Waals surface area contributed by atoms with Crippen LogP contribution in [0.5, 0.6) is 0 Å². The Kier molecular flexibility index (Phi) is 4.15. The summed E-state index contributed by atoms with van der Waals surface area (Å²) in [4.78, 5) is 12.8. The van der Waals surface area contributed by atoms with Crippen LogP contribution in [0.25, 0.3) is 0 Å². The van der Waals surface area contributed by atoms with Gasteiger partial charge in [-0.05, 0) is 24.3 Å². The van der Waals surface area contributed by atoms with Gasteiger partial charge in [-0.15, -0.1) is 11.3 Å². The van der Waals surface area contributed by atoms with Crippen LogP contribution in [0.15, 0.2) is 17.5 Å². The lowest BCUT2D eigenvalue weighted by Gasteiger charge is -2.11. The van der Waals surface area contributed by atoms with Gasteiger partial charge in [-0.25, -0.2) is 0 Å². The van der Waals surface area contributed by atoms with Gasteiger partial charge in [0.05, 0.1) is 12.5 Å². The fourth-order valence-electron chi connectivity index (χ4n) is 2.27. The molecule has 0 radical (unpaired) electrons. The van der Waals surface area contributed by atoms with Gasteiger partial charge in [0.15, 0.2) is 0 Å². The van der Waals surface area contributed by atoms with Crippen molar-refractivity contribution < 1.29 is 15.0 Å². The number of amides is 1. The highest BCUT2D eigenvalue weighted by atomic mass is 32.1. The molecule has 0 aliphatic heterocycles. The Bertz CT molecular complexity index is 366. The first kappa shape index (κ1) is 12.5. The van der Waals surface area contributed by atoms with Gasteiger partial charge < -0.3 is 15.5 Å². The van der Waals surface area contributed by atoms with E-state index in [4.69, 9.17) is 5.11 Å². The van der Waals surface area contributed by atoms with Crippen LogP contribution in [0.1, 0.15) is 17.7 Å². The normalized spacial score (nSPS) is 28.2. The van der Waals surface area contributed by atoms with Gasteiger partial charge in [0, 0.05) is 23.4 Å². The molecule has 0 spiro atoms. The Labute approximate surface area is 104 Å². The summed E-state index contributed by atoms with van der Waals surface area (Å²) in [6.45, 7) is -0.0154. The van der Waals surface area contributed by atoms with E-state index in [-0.39, 0.29) is 24.5 Å². The number of carbonyl (C=O) groups is 1. The average molecular weight is 255 g/mol. The first-order valence-corrected chi connectivity index (χ1v) is 6.67. The largest absolute Gasteiger partial charge is 0.396 e. The van der Waals surface area contributed by atoms with Gasteiger partial charge in [0.25, 0.3) is 0 Å². The topological polar surface area (TPSA) is 69.6 Å². The van der Waals surface area contributed by atoms with Crippen LogP contribution in [0.2, 0.25) is 0 Å². The van der Waals surface area contributed by atoms with Gasteiger partial charge >= 0.3 is 0 Å². The van der Waals surface area contributed by atoms with E-state index in [1.54, 1.807) is 11.3 Å². The molecule has 1 fully saturated rings. The fourth-order valence-corrected chi connectivity index (χ4v) is 2.97. The maximum Gasteiger partial charge on any atom is 0.225 e. The number of hydrogen-bond acceptors (Lipinski definition) is 4. The summed E-state index contributed by atoms with van der Waals surface area (Å²) in [6.07, 6.45) is 1.11. The third kappa shape index (κ3) is 3.28. The summed E-state index contributed by atoms with van der Waals surface area (Å²) in [7, 11) is 0. The van der Waals surface area contributed by atoms with E-state index in [0.717, 1.165) is 4.88 Å². The average Bonchev–Trinajstić information content (AvgIpc) is 2.88.